The molecule has 0 aliphatic rings. The Labute approximate surface area is 167 Å². The lowest BCUT2D eigenvalue weighted by atomic mass is 10.2. The van der Waals surface area contributed by atoms with Crippen molar-refractivity contribution in [1.29, 1.82) is 0 Å². The normalized spacial score (nSPS) is 10.5. The Bertz CT molecular complexity index is 943. The molecule has 0 unspecified atom stereocenters. The number of allylic oxidation sites excluding steroid dienone is 1. The Kier molecular flexibility index (Phi) is 6.80. The number of anilines is 1. The lowest BCUT2D eigenvalue weighted by Gasteiger charge is -2.11. The molecule has 2 heterocycles. The van der Waals surface area contributed by atoms with E-state index in [-0.39, 0.29) is 11.7 Å². The summed E-state index contributed by atoms with van der Waals surface area (Å²) in [5.41, 5.74) is 1.56. The fourth-order valence-corrected chi connectivity index (χ4v) is 3.33. The maximum atomic E-state index is 12.2. The summed E-state index contributed by atoms with van der Waals surface area (Å²) in [6.07, 6.45) is 5.04. The smallest absolute Gasteiger partial charge is 0.234 e. The molecule has 3 aromatic rings. The molecule has 1 N–H and O–H groups in total. The highest BCUT2D eigenvalue weighted by atomic mass is 32.2. The average molecular weight is 395 g/mol. The molecule has 0 radical (unpaired) electrons. The van der Waals surface area contributed by atoms with Crippen LogP contribution < -0.4 is 10.1 Å². The Balaban J connectivity index is 1.77. The number of nitrogens with zero attached hydrogens (tertiary/aromatic N) is 4. The number of rotatable bonds is 9. The number of benzene rings is 1. The van der Waals surface area contributed by atoms with Gasteiger partial charge in [-0.1, -0.05) is 30.0 Å². The molecule has 0 atom stereocenters. The first-order valence-corrected chi connectivity index (χ1v) is 9.80. The Morgan fingerprint density at radius 1 is 1.25 bits per heavy atom. The molecule has 8 heteroatoms. The second-order valence-electron chi connectivity index (χ2n) is 5.71. The number of aromatic nitrogens is 4. The number of ether oxygens (including phenoxy) is 1. The summed E-state index contributed by atoms with van der Waals surface area (Å²) in [6.45, 7) is 6.84. The van der Waals surface area contributed by atoms with Gasteiger partial charge in [-0.2, -0.15) is 0 Å². The summed E-state index contributed by atoms with van der Waals surface area (Å²) in [4.78, 5) is 16.2. The first-order valence-electron chi connectivity index (χ1n) is 8.82. The molecule has 0 saturated carbocycles. The fraction of sp³-hybridized carbons (Fsp3) is 0.200. The molecule has 7 nitrogen and oxygen atoms in total. The number of nitrogens with one attached hydrogen (secondary N) is 1. The predicted octanol–water partition coefficient (Wildman–Crippen LogP) is 3.66. The van der Waals surface area contributed by atoms with E-state index in [1.807, 2.05) is 35.8 Å². The Morgan fingerprint density at radius 2 is 2.04 bits per heavy atom. The van der Waals surface area contributed by atoms with Gasteiger partial charge in [-0.3, -0.25) is 14.3 Å². The zero-order valence-corrected chi connectivity index (χ0v) is 16.4. The van der Waals surface area contributed by atoms with E-state index in [0.717, 1.165) is 11.3 Å². The highest BCUT2D eigenvalue weighted by Gasteiger charge is 2.17. The summed E-state index contributed by atoms with van der Waals surface area (Å²) in [5.74, 6) is 1.52. The van der Waals surface area contributed by atoms with E-state index in [2.05, 4.69) is 27.1 Å². The fourth-order valence-electron chi connectivity index (χ4n) is 2.58. The van der Waals surface area contributed by atoms with Crippen molar-refractivity contribution in [2.75, 3.05) is 17.7 Å². The third kappa shape index (κ3) is 4.77. The van der Waals surface area contributed by atoms with Crippen molar-refractivity contribution in [2.45, 2.75) is 18.6 Å². The number of pyridine rings is 1. The van der Waals surface area contributed by atoms with Crippen LogP contribution in [0.25, 0.3) is 11.4 Å². The van der Waals surface area contributed by atoms with E-state index in [1.165, 1.54) is 11.8 Å². The van der Waals surface area contributed by atoms with Crippen LogP contribution in [0.1, 0.15) is 6.92 Å². The molecular weight excluding hydrogens is 374 g/mol. The summed E-state index contributed by atoms with van der Waals surface area (Å²) in [6, 6.07) is 11.2. The first-order chi connectivity index (χ1) is 13.7. The molecular formula is C20H21N5O2S. The van der Waals surface area contributed by atoms with Gasteiger partial charge in [0.2, 0.25) is 5.91 Å². The highest BCUT2D eigenvalue weighted by Crippen LogP contribution is 2.31. The van der Waals surface area contributed by atoms with Crippen molar-refractivity contribution in [3.05, 3.63) is 61.4 Å². The summed E-state index contributed by atoms with van der Waals surface area (Å²) in [5, 5.41) is 12.1. The predicted molar refractivity (Wildman–Crippen MR) is 110 cm³/mol. The second-order valence-corrected chi connectivity index (χ2v) is 6.65. The van der Waals surface area contributed by atoms with Crippen molar-refractivity contribution in [3.63, 3.8) is 0 Å². The topological polar surface area (TPSA) is 81.9 Å². The molecule has 2 aromatic heterocycles. The molecule has 0 aliphatic carbocycles. The van der Waals surface area contributed by atoms with Crippen molar-refractivity contribution < 1.29 is 9.53 Å². The second kappa shape index (κ2) is 9.70. The number of carbonyl (C=O) groups excluding carboxylic acids is 1. The minimum Gasteiger partial charge on any atom is -0.493 e. The van der Waals surface area contributed by atoms with Gasteiger partial charge >= 0.3 is 0 Å². The van der Waals surface area contributed by atoms with Crippen LogP contribution in [0.15, 0.2) is 66.6 Å². The quantitative estimate of drug-likeness (QED) is 0.440. The van der Waals surface area contributed by atoms with Crippen LogP contribution in [0.2, 0.25) is 0 Å². The zero-order valence-electron chi connectivity index (χ0n) is 15.5. The number of amides is 1. The monoisotopic (exact) mass is 395 g/mol. The van der Waals surface area contributed by atoms with E-state index >= 15 is 0 Å². The van der Waals surface area contributed by atoms with E-state index < -0.39 is 0 Å². The van der Waals surface area contributed by atoms with Crippen molar-refractivity contribution in [3.8, 4) is 17.1 Å². The molecule has 1 aromatic carbocycles. The van der Waals surface area contributed by atoms with E-state index in [0.29, 0.717) is 29.8 Å². The maximum Gasteiger partial charge on any atom is 0.234 e. The van der Waals surface area contributed by atoms with Crippen molar-refractivity contribution in [2.24, 2.45) is 0 Å². The number of para-hydroxylation sites is 1. The van der Waals surface area contributed by atoms with Crippen LogP contribution in [0.5, 0.6) is 5.75 Å². The van der Waals surface area contributed by atoms with E-state index in [1.54, 1.807) is 30.6 Å². The number of carbonyl (C=O) groups is 1. The van der Waals surface area contributed by atoms with Gasteiger partial charge in [0.1, 0.15) is 5.75 Å². The van der Waals surface area contributed by atoms with Gasteiger partial charge < -0.3 is 10.1 Å². The molecule has 144 valence electrons. The van der Waals surface area contributed by atoms with Crippen molar-refractivity contribution in [1.82, 2.24) is 19.7 Å². The minimum absolute atomic E-state index is 0.124. The molecule has 0 saturated heterocycles. The lowest BCUT2D eigenvalue weighted by molar-refractivity contribution is -0.113. The Morgan fingerprint density at radius 3 is 2.79 bits per heavy atom. The first kappa shape index (κ1) is 19.6. The molecule has 3 rings (SSSR count). The number of hydrogen-bond donors (Lipinski definition) is 1. The van der Waals surface area contributed by atoms with Crippen LogP contribution >= 0.6 is 11.8 Å². The summed E-state index contributed by atoms with van der Waals surface area (Å²) >= 11 is 1.32. The van der Waals surface area contributed by atoms with Gasteiger partial charge in [-0.25, -0.2) is 0 Å². The van der Waals surface area contributed by atoms with Gasteiger partial charge in [0, 0.05) is 24.6 Å². The van der Waals surface area contributed by atoms with Crippen LogP contribution in [0.3, 0.4) is 0 Å². The lowest BCUT2D eigenvalue weighted by Crippen LogP contribution is -2.14. The largest absolute Gasteiger partial charge is 0.493 e. The number of hydrogen-bond acceptors (Lipinski definition) is 6. The minimum atomic E-state index is -0.124. The summed E-state index contributed by atoms with van der Waals surface area (Å²) < 4.78 is 7.64. The standard InChI is InChI=1S/C20H21N5O2S/c1-3-13-25-19(16-7-5-6-8-17(16)27-4-2)23-24-20(25)28-14-18(26)22-15-9-11-21-12-10-15/h3,5-12H,1,4,13-14H2,2H3,(H,21,22,26). The molecule has 0 bridgehead atoms. The zero-order chi connectivity index (χ0) is 19.8. The van der Waals surface area contributed by atoms with Crippen LogP contribution in [-0.4, -0.2) is 38.0 Å². The van der Waals surface area contributed by atoms with Crippen molar-refractivity contribution >= 4 is 23.4 Å². The molecule has 0 spiro atoms. The number of thioether (sulfide) groups is 1. The average Bonchev–Trinajstić information content (AvgIpc) is 3.11. The van der Waals surface area contributed by atoms with Crippen LogP contribution in [-0.2, 0) is 11.3 Å². The van der Waals surface area contributed by atoms with Gasteiger partial charge in [0.25, 0.3) is 0 Å². The van der Waals surface area contributed by atoms with Gasteiger partial charge in [-0.15, -0.1) is 16.8 Å². The van der Waals surface area contributed by atoms with E-state index in [9.17, 15) is 4.79 Å². The SMILES string of the molecule is C=CCn1c(SCC(=O)Nc2ccncc2)nnc1-c1ccccc1OCC. The highest BCUT2D eigenvalue weighted by molar-refractivity contribution is 7.99. The summed E-state index contributed by atoms with van der Waals surface area (Å²) in [7, 11) is 0. The molecule has 0 aliphatic heterocycles. The van der Waals surface area contributed by atoms with Crippen LogP contribution in [0.4, 0.5) is 5.69 Å². The van der Waals surface area contributed by atoms with E-state index in [4.69, 9.17) is 4.74 Å². The van der Waals surface area contributed by atoms with Crippen LogP contribution in [0, 0.1) is 0 Å². The molecule has 28 heavy (non-hydrogen) atoms. The van der Waals surface area contributed by atoms with Gasteiger partial charge in [0.05, 0.1) is 17.9 Å². The maximum absolute atomic E-state index is 12.2. The third-order valence-electron chi connectivity index (χ3n) is 3.75. The molecule has 0 fully saturated rings. The Hall–Kier alpha value is -3.13. The van der Waals surface area contributed by atoms with Gasteiger partial charge in [-0.05, 0) is 31.2 Å². The molecule has 1 amide bonds. The third-order valence-corrected chi connectivity index (χ3v) is 4.72. The van der Waals surface area contributed by atoms with Gasteiger partial charge in [0.15, 0.2) is 11.0 Å².